The molecular formula is C6H12INO. The van der Waals surface area contributed by atoms with E-state index >= 15 is 0 Å². The molecule has 0 radical (unpaired) electrons. The van der Waals surface area contributed by atoms with Gasteiger partial charge >= 0.3 is 0 Å². The molecule has 0 aromatic rings. The summed E-state index contributed by atoms with van der Waals surface area (Å²) in [5.41, 5.74) is 0. The zero-order chi connectivity index (χ0) is 6.53. The molecule has 0 spiro atoms. The Bertz CT molecular complexity index is 70.7. The molecule has 0 aliphatic carbocycles. The Hall–Kier alpha value is 0.650. The third kappa shape index (κ3) is 2.82. The minimum absolute atomic E-state index is 0.808. The van der Waals surface area contributed by atoms with Crippen molar-refractivity contribution in [1.82, 2.24) is 5.32 Å². The van der Waals surface area contributed by atoms with Gasteiger partial charge in [-0.25, -0.2) is 0 Å². The summed E-state index contributed by atoms with van der Waals surface area (Å²) in [7, 11) is 0. The molecule has 0 aromatic heterocycles. The molecular weight excluding hydrogens is 229 g/mol. The lowest BCUT2D eigenvalue weighted by atomic mass is 10.00. The largest absolute Gasteiger partial charge is 0.317 e. The molecule has 0 unspecified atom stereocenters. The fourth-order valence-corrected chi connectivity index (χ4v) is 1.65. The zero-order valence-electron chi connectivity index (χ0n) is 5.40. The van der Waals surface area contributed by atoms with E-state index in [0.29, 0.717) is 0 Å². The number of piperidine rings is 1. The molecule has 1 N–H and O–H groups in total. The standard InChI is InChI=1S/C6H12INO/c7-9-5-6-1-3-8-4-2-6/h6,8H,1-5H2. The highest BCUT2D eigenvalue weighted by molar-refractivity contribution is 14.1. The molecule has 0 aromatic carbocycles. The summed E-state index contributed by atoms with van der Waals surface area (Å²) in [6.07, 6.45) is 2.56. The summed E-state index contributed by atoms with van der Waals surface area (Å²) in [4.78, 5) is 0. The number of nitrogens with one attached hydrogen (secondary N) is 1. The van der Waals surface area contributed by atoms with E-state index in [1.807, 2.05) is 23.0 Å². The molecule has 0 amide bonds. The summed E-state index contributed by atoms with van der Waals surface area (Å²) < 4.78 is 5.02. The van der Waals surface area contributed by atoms with Crippen molar-refractivity contribution in [2.75, 3.05) is 19.7 Å². The van der Waals surface area contributed by atoms with Gasteiger partial charge in [0.05, 0.1) is 6.61 Å². The fraction of sp³-hybridized carbons (Fsp3) is 1.00. The average Bonchev–Trinajstić information content (AvgIpc) is 1.91. The number of hydrogen-bond donors (Lipinski definition) is 1. The molecule has 9 heavy (non-hydrogen) atoms. The summed E-state index contributed by atoms with van der Waals surface area (Å²) >= 11 is 1.97. The van der Waals surface area contributed by atoms with E-state index in [9.17, 15) is 0 Å². The number of hydrogen-bond acceptors (Lipinski definition) is 2. The molecule has 0 atom stereocenters. The van der Waals surface area contributed by atoms with E-state index in [2.05, 4.69) is 5.32 Å². The van der Waals surface area contributed by atoms with Gasteiger partial charge in [0.2, 0.25) is 0 Å². The topological polar surface area (TPSA) is 21.3 Å². The van der Waals surface area contributed by atoms with E-state index in [0.717, 1.165) is 12.5 Å². The second kappa shape index (κ2) is 4.46. The van der Waals surface area contributed by atoms with E-state index in [4.69, 9.17) is 3.07 Å². The Labute approximate surface area is 70.0 Å². The van der Waals surface area contributed by atoms with Crippen LogP contribution in [-0.4, -0.2) is 19.7 Å². The summed E-state index contributed by atoms with van der Waals surface area (Å²) in [6.45, 7) is 3.28. The molecule has 1 aliphatic rings. The van der Waals surface area contributed by atoms with Crippen LogP contribution in [0.1, 0.15) is 12.8 Å². The lowest BCUT2D eigenvalue weighted by molar-refractivity contribution is 0.266. The van der Waals surface area contributed by atoms with Crippen molar-refractivity contribution in [2.24, 2.45) is 5.92 Å². The SMILES string of the molecule is IOCC1CCNCC1. The Kier molecular flexibility index (Phi) is 3.85. The van der Waals surface area contributed by atoms with E-state index in [1.54, 1.807) is 0 Å². The third-order valence-corrected chi connectivity index (χ3v) is 2.12. The number of halogens is 1. The fourth-order valence-electron chi connectivity index (χ4n) is 1.14. The van der Waals surface area contributed by atoms with Crippen LogP contribution in [0, 0.1) is 5.92 Å². The van der Waals surface area contributed by atoms with Gasteiger partial charge in [-0.05, 0) is 31.8 Å². The highest BCUT2D eigenvalue weighted by Crippen LogP contribution is 2.12. The third-order valence-electron chi connectivity index (χ3n) is 1.76. The Balaban J connectivity index is 2.08. The Morgan fingerprint density at radius 1 is 1.44 bits per heavy atom. The van der Waals surface area contributed by atoms with Gasteiger partial charge in [0.15, 0.2) is 0 Å². The van der Waals surface area contributed by atoms with Crippen LogP contribution >= 0.6 is 23.0 Å². The summed E-state index contributed by atoms with van der Waals surface area (Å²) in [6, 6.07) is 0. The van der Waals surface area contributed by atoms with Crippen LogP contribution in [-0.2, 0) is 3.07 Å². The molecule has 2 nitrogen and oxygen atoms in total. The van der Waals surface area contributed by atoms with Crippen LogP contribution in [0.4, 0.5) is 0 Å². The molecule has 3 heteroatoms. The van der Waals surface area contributed by atoms with Crippen molar-refractivity contribution in [2.45, 2.75) is 12.8 Å². The van der Waals surface area contributed by atoms with Gasteiger partial charge in [-0.2, -0.15) is 0 Å². The maximum atomic E-state index is 5.02. The van der Waals surface area contributed by atoms with Gasteiger partial charge < -0.3 is 8.38 Å². The van der Waals surface area contributed by atoms with E-state index in [1.165, 1.54) is 25.9 Å². The number of rotatable bonds is 2. The van der Waals surface area contributed by atoms with Crippen LogP contribution in [0.3, 0.4) is 0 Å². The van der Waals surface area contributed by atoms with Crippen molar-refractivity contribution in [1.29, 1.82) is 0 Å². The van der Waals surface area contributed by atoms with Crippen LogP contribution in [0.15, 0.2) is 0 Å². The zero-order valence-corrected chi connectivity index (χ0v) is 7.56. The summed E-state index contributed by atoms with van der Waals surface area (Å²) in [5.74, 6) is 0.808. The maximum absolute atomic E-state index is 5.02. The Morgan fingerprint density at radius 2 is 2.11 bits per heavy atom. The van der Waals surface area contributed by atoms with Crippen molar-refractivity contribution in [3.8, 4) is 0 Å². The van der Waals surface area contributed by atoms with E-state index in [-0.39, 0.29) is 0 Å². The minimum atomic E-state index is 0.808. The quantitative estimate of drug-likeness (QED) is 0.737. The van der Waals surface area contributed by atoms with E-state index < -0.39 is 0 Å². The van der Waals surface area contributed by atoms with Gasteiger partial charge in [0.1, 0.15) is 23.0 Å². The van der Waals surface area contributed by atoms with Gasteiger partial charge in [-0.1, -0.05) is 0 Å². The first-order valence-electron chi connectivity index (χ1n) is 3.37. The summed E-state index contributed by atoms with van der Waals surface area (Å²) in [5, 5.41) is 3.32. The maximum Gasteiger partial charge on any atom is 0.109 e. The van der Waals surface area contributed by atoms with Gasteiger partial charge in [0, 0.05) is 0 Å². The predicted octanol–water partition coefficient (Wildman–Crippen LogP) is 1.35. The molecule has 1 heterocycles. The van der Waals surface area contributed by atoms with Crippen LogP contribution in [0.25, 0.3) is 0 Å². The first-order chi connectivity index (χ1) is 4.43. The first kappa shape index (κ1) is 7.75. The lowest BCUT2D eigenvalue weighted by Crippen LogP contribution is -2.29. The first-order valence-corrected chi connectivity index (χ1v) is 4.26. The molecule has 1 aliphatic heterocycles. The Morgan fingerprint density at radius 3 is 2.67 bits per heavy atom. The van der Waals surface area contributed by atoms with Crippen molar-refractivity contribution >= 4 is 23.0 Å². The molecule has 1 fully saturated rings. The van der Waals surface area contributed by atoms with Crippen LogP contribution < -0.4 is 5.32 Å². The van der Waals surface area contributed by atoms with Crippen LogP contribution in [0.2, 0.25) is 0 Å². The molecule has 0 saturated carbocycles. The second-order valence-electron chi connectivity index (χ2n) is 2.47. The highest BCUT2D eigenvalue weighted by atomic mass is 127. The minimum Gasteiger partial charge on any atom is -0.317 e. The smallest absolute Gasteiger partial charge is 0.109 e. The van der Waals surface area contributed by atoms with Crippen molar-refractivity contribution < 1.29 is 3.07 Å². The van der Waals surface area contributed by atoms with Gasteiger partial charge in [-0.3, -0.25) is 0 Å². The molecule has 54 valence electrons. The molecule has 1 saturated heterocycles. The van der Waals surface area contributed by atoms with Crippen molar-refractivity contribution in [3.05, 3.63) is 0 Å². The second-order valence-corrected chi connectivity index (χ2v) is 3.09. The highest BCUT2D eigenvalue weighted by Gasteiger charge is 2.11. The van der Waals surface area contributed by atoms with Gasteiger partial charge in [-0.15, -0.1) is 0 Å². The predicted molar refractivity (Wildman–Crippen MR) is 45.6 cm³/mol. The monoisotopic (exact) mass is 241 g/mol. The van der Waals surface area contributed by atoms with Crippen molar-refractivity contribution in [3.63, 3.8) is 0 Å². The van der Waals surface area contributed by atoms with Gasteiger partial charge in [0.25, 0.3) is 0 Å². The molecule has 0 bridgehead atoms. The molecule has 1 rings (SSSR count). The normalized spacial score (nSPS) is 22.3. The average molecular weight is 241 g/mol. The van der Waals surface area contributed by atoms with Crippen LogP contribution in [0.5, 0.6) is 0 Å². The lowest BCUT2D eigenvalue weighted by Gasteiger charge is -2.20.